The fraction of sp³-hybridized carbons (Fsp3) is 0.643. The number of nitrogens with zero attached hydrogens (tertiary/aromatic N) is 1. The van der Waals surface area contributed by atoms with Crippen molar-refractivity contribution >= 4 is 23.2 Å². The number of ether oxygens (including phenoxy) is 1. The topological polar surface area (TPSA) is 22.1 Å². The Morgan fingerprint density at radius 1 is 1.33 bits per heavy atom. The highest BCUT2D eigenvalue weighted by Crippen LogP contribution is 2.32. The molecule has 2 nitrogen and oxygen atoms in total. The standard InChI is InChI=1S/C14H19Cl2NO/c1-9-3-4-12(5-10(9)2)18-14-6-11(7-15)13(16)8-17-14/h6,8-10,12H,3-5,7H2,1-2H3. The van der Waals surface area contributed by atoms with Crippen LogP contribution in [0.15, 0.2) is 12.3 Å². The maximum absolute atomic E-state index is 5.98. The molecule has 0 bridgehead atoms. The quantitative estimate of drug-likeness (QED) is 0.753. The molecule has 1 saturated carbocycles. The molecule has 0 amide bonds. The molecule has 100 valence electrons. The zero-order chi connectivity index (χ0) is 13.1. The van der Waals surface area contributed by atoms with Crippen LogP contribution in [0.2, 0.25) is 5.02 Å². The van der Waals surface area contributed by atoms with Crippen molar-refractivity contribution in [1.82, 2.24) is 4.98 Å². The lowest BCUT2D eigenvalue weighted by molar-refractivity contribution is 0.0964. The normalized spacial score (nSPS) is 28.1. The largest absolute Gasteiger partial charge is 0.474 e. The van der Waals surface area contributed by atoms with E-state index in [1.54, 1.807) is 6.20 Å². The lowest BCUT2D eigenvalue weighted by Gasteiger charge is -2.31. The Kier molecular flexibility index (Phi) is 4.74. The van der Waals surface area contributed by atoms with E-state index in [2.05, 4.69) is 18.8 Å². The van der Waals surface area contributed by atoms with Crippen LogP contribution in [-0.4, -0.2) is 11.1 Å². The molecule has 4 heteroatoms. The number of halogens is 2. The molecule has 1 aliphatic rings. The summed E-state index contributed by atoms with van der Waals surface area (Å²) in [4.78, 5) is 4.21. The van der Waals surface area contributed by atoms with Crippen molar-refractivity contribution in [2.45, 2.75) is 45.1 Å². The molecule has 1 aliphatic carbocycles. The van der Waals surface area contributed by atoms with Crippen molar-refractivity contribution in [3.63, 3.8) is 0 Å². The first-order valence-corrected chi connectivity index (χ1v) is 7.38. The lowest BCUT2D eigenvalue weighted by atomic mass is 9.80. The molecule has 0 spiro atoms. The van der Waals surface area contributed by atoms with Crippen LogP contribution in [0.25, 0.3) is 0 Å². The van der Waals surface area contributed by atoms with Gasteiger partial charge in [0.2, 0.25) is 5.88 Å². The molecule has 3 atom stereocenters. The van der Waals surface area contributed by atoms with E-state index in [1.807, 2.05) is 6.07 Å². The van der Waals surface area contributed by atoms with Gasteiger partial charge in [0, 0.05) is 18.1 Å². The van der Waals surface area contributed by atoms with E-state index in [4.69, 9.17) is 27.9 Å². The molecule has 0 N–H and O–H groups in total. The molecule has 1 aromatic rings. The van der Waals surface area contributed by atoms with E-state index in [9.17, 15) is 0 Å². The van der Waals surface area contributed by atoms with Crippen molar-refractivity contribution in [3.8, 4) is 5.88 Å². The lowest BCUT2D eigenvalue weighted by Crippen LogP contribution is -2.29. The van der Waals surface area contributed by atoms with Crippen LogP contribution in [0, 0.1) is 11.8 Å². The zero-order valence-corrected chi connectivity index (χ0v) is 12.3. The summed E-state index contributed by atoms with van der Waals surface area (Å²) in [6.07, 6.45) is 5.31. The number of pyridine rings is 1. The Hall–Kier alpha value is -0.470. The number of aromatic nitrogens is 1. The van der Waals surface area contributed by atoms with Crippen molar-refractivity contribution in [2.24, 2.45) is 11.8 Å². The molecule has 0 saturated heterocycles. The summed E-state index contributed by atoms with van der Waals surface area (Å²) in [6, 6.07) is 1.85. The van der Waals surface area contributed by atoms with Gasteiger partial charge in [-0.05, 0) is 36.7 Å². The Morgan fingerprint density at radius 3 is 2.78 bits per heavy atom. The average molecular weight is 288 g/mol. The first-order chi connectivity index (χ1) is 8.60. The SMILES string of the molecule is CC1CCC(Oc2cc(CCl)c(Cl)cn2)CC1C. The van der Waals surface area contributed by atoms with Gasteiger partial charge in [0.15, 0.2) is 0 Å². The van der Waals surface area contributed by atoms with Gasteiger partial charge in [-0.3, -0.25) is 0 Å². The zero-order valence-electron chi connectivity index (χ0n) is 10.8. The van der Waals surface area contributed by atoms with Crippen molar-refractivity contribution in [1.29, 1.82) is 0 Å². The van der Waals surface area contributed by atoms with Gasteiger partial charge in [0.05, 0.1) is 5.02 Å². The highest BCUT2D eigenvalue weighted by Gasteiger charge is 2.26. The molecular formula is C14H19Cl2NO. The van der Waals surface area contributed by atoms with Crippen LogP contribution in [0.3, 0.4) is 0 Å². The minimum Gasteiger partial charge on any atom is -0.474 e. The van der Waals surface area contributed by atoms with Gasteiger partial charge in [0.25, 0.3) is 0 Å². The second kappa shape index (κ2) is 6.12. The van der Waals surface area contributed by atoms with Gasteiger partial charge in [-0.15, -0.1) is 11.6 Å². The fourth-order valence-corrected chi connectivity index (χ4v) is 2.86. The Bertz CT molecular complexity index is 411. The van der Waals surface area contributed by atoms with Gasteiger partial charge >= 0.3 is 0 Å². The minimum atomic E-state index is 0.271. The summed E-state index contributed by atoms with van der Waals surface area (Å²) < 4.78 is 5.94. The molecule has 1 aromatic heterocycles. The summed E-state index contributed by atoms with van der Waals surface area (Å²) in [5.74, 6) is 2.53. The second-order valence-corrected chi connectivity index (χ2v) is 5.93. The summed E-state index contributed by atoms with van der Waals surface area (Å²) in [7, 11) is 0. The predicted molar refractivity (Wildman–Crippen MR) is 75.4 cm³/mol. The van der Waals surface area contributed by atoms with Gasteiger partial charge in [-0.2, -0.15) is 0 Å². The molecule has 1 heterocycles. The Balaban J connectivity index is 2.01. The van der Waals surface area contributed by atoms with Crippen LogP contribution in [0.5, 0.6) is 5.88 Å². The van der Waals surface area contributed by atoms with Crippen LogP contribution < -0.4 is 4.74 Å². The van der Waals surface area contributed by atoms with Crippen molar-refractivity contribution in [3.05, 3.63) is 22.8 Å². The summed E-state index contributed by atoms with van der Waals surface area (Å²) in [5.41, 5.74) is 0.876. The van der Waals surface area contributed by atoms with Crippen LogP contribution in [0.4, 0.5) is 0 Å². The molecule has 0 aliphatic heterocycles. The van der Waals surface area contributed by atoms with Crippen LogP contribution >= 0.6 is 23.2 Å². The first kappa shape index (κ1) is 14.0. The molecule has 3 unspecified atom stereocenters. The minimum absolute atomic E-state index is 0.271. The highest BCUT2D eigenvalue weighted by atomic mass is 35.5. The molecule has 18 heavy (non-hydrogen) atoms. The fourth-order valence-electron chi connectivity index (χ4n) is 2.40. The second-order valence-electron chi connectivity index (χ2n) is 5.26. The summed E-state index contributed by atoms with van der Waals surface area (Å²) >= 11 is 11.8. The van der Waals surface area contributed by atoms with E-state index in [-0.39, 0.29) is 6.10 Å². The van der Waals surface area contributed by atoms with Gasteiger partial charge < -0.3 is 4.74 Å². The van der Waals surface area contributed by atoms with E-state index < -0.39 is 0 Å². The van der Waals surface area contributed by atoms with Crippen LogP contribution in [0.1, 0.15) is 38.7 Å². The molecule has 2 rings (SSSR count). The number of rotatable bonds is 3. The third kappa shape index (κ3) is 3.30. The number of hydrogen-bond donors (Lipinski definition) is 0. The average Bonchev–Trinajstić information content (AvgIpc) is 2.36. The predicted octanol–water partition coefficient (Wildman–Crippen LogP) is 4.68. The van der Waals surface area contributed by atoms with E-state index >= 15 is 0 Å². The van der Waals surface area contributed by atoms with Crippen molar-refractivity contribution in [2.75, 3.05) is 0 Å². The first-order valence-electron chi connectivity index (χ1n) is 6.47. The summed E-state index contributed by atoms with van der Waals surface area (Å²) in [6.45, 7) is 4.60. The smallest absolute Gasteiger partial charge is 0.213 e. The molecule has 0 radical (unpaired) electrons. The number of hydrogen-bond acceptors (Lipinski definition) is 2. The number of alkyl halides is 1. The van der Waals surface area contributed by atoms with Gasteiger partial charge in [0.1, 0.15) is 6.10 Å². The summed E-state index contributed by atoms with van der Waals surface area (Å²) in [5, 5.41) is 0.600. The third-order valence-electron chi connectivity index (χ3n) is 3.89. The highest BCUT2D eigenvalue weighted by molar-refractivity contribution is 6.32. The monoisotopic (exact) mass is 287 g/mol. The molecular weight excluding hydrogens is 269 g/mol. The molecule has 0 aromatic carbocycles. The molecule has 1 fully saturated rings. The Labute approximate surface area is 119 Å². The van der Waals surface area contributed by atoms with E-state index in [1.165, 1.54) is 6.42 Å². The maximum Gasteiger partial charge on any atom is 0.213 e. The van der Waals surface area contributed by atoms with Crippen molar-refractivity contribution < 1.29 is 4.74 Å². The third-order valence-corrected chi connectivity index (χ3v) is 4.52. The van der Waals surface area contributed by atoms with Crippen LogP contribution in [-0.2, 0) is 5.88 Å². The van der Waals surface area contributed by atoms with E-state index in [0.717, 1.165) is 24.3 Å². The van der Waals surface area contributed by atoms with Gasteiger partial charge in [-0.1, -0.05) is 25.4 Å². The Morgan fingerprint density at radius 2 is 2.11 bits per heavy atom. The maximum atomic E-state index is 5.98. The van der Waals surface area contributed by atoms with E-state index in [0.29, 0.717) is 22.7 Å². The van der Waals surface area contributed by atoms with Gasteiger partial charge in [-0.25, -0.2) is 4.98 Å².